The second kappa shape index (κ2) is 5.01. The van der Waals surface area contributed by atoms with E-state index >= 15 is 0 Å². The molecule has 0 saturated heterocycles. The van der Waals surface area contributed by atoms with Gasteiger partial charge in [-0.05, 0) is 12.0 Å². The second-order valence-corrected chi connectivity index (χ2v) is 4.03. The van der Waals surface area contributed by atoms with Crippen molar-refractivity contribution in [2.24, 2.45) is 0 Å². The first-order chi connectivity index (χ1) is 8.20. The number of nitrogen functional groups attached to an aromatic ring is 1. The number of rotatable bonds is 4. The predicted molar refractivity (Wildman–Crippen MR) is 67.5 cm³/mol. The average molecular weight is 231 g/mol. The monoisotopic (exact) mass is 231 g/mol. The molecule has 0 aliphatic rings. The van der Waals surface area contributed by atoms with Crippen molar-refractivity contribution in [3.05, 3.63) is 47.3 Å². The van der Waals surface area contributed by atoms with E-state index in [4.69, 9.17) is 5.73 Å². The summed E-state index contributed by atoms with van der Waals surface area (Å²) in [6.07, 6.45) is 0.795. The quantitative estimate of drug-likeness (QED) is 0.751. The van der Waals surface area contributed by atoms with Crippen LogP contribution in [0.3, 0.4) is 0 Å². The summed E-state index contributed by atoms with van der Waals surface area (Å²) < 4.78 is 0. The maximum Gasteiger partial charge on any atom is 0.197 e. The Hall–Kier alpha value is -1.81. The topological polar surface area (TPSA) is 74.9 Å². The third kappa shape index (κ3) is 2.65. The van der Waals surface area contributed by atoms with Gasteiger partial charge in [0, 0.05) is 12.1 Å². The average Bonchev–Trinajstić information content (AvgIpc) is 2.70. The fraction of sp³-hybridized carbons (Fsp3) is 0.308. The molecule has 0 spiro atoms. The van der Waals surface area contributed by atoms with Crippen LogP contribution in [0.4, 0.5) is 5.95 Å². The number of anilines is 1. The van der Waals surface area contributed by atoms with Crippen LogP contribution in [-0.2, 0) is 12.8 Å². The molecule has 0 aliphatic carbocycles. The molecule has 2 aromatic rings. The molecule has 0 fully saturated rings. The number of hydrogen-bond acceptors (Lipinski definition) is 3. The predicted octanol–water partition coefficient (Wildman–Crippen LogP) is 1.83. The minimum Gasteiger partial charge on any atom is -0.388 e. The van der Waals surface area contributed by atoms with Gasteiger partial charge in [-0.25, -0.2) is 4.98 Å². The number of aryl methyl sites for hydroxylation is 1. The molecular weight excluding hydrogens is 214 g/mol. The summed E-state index contributed by atoms with van der Waals surface area (Å²) >= 11 is 0. The number of benzene rings is 1. The summed E-state index contributed by atoms with van der Waals surface area (Å²) in [6, 6.07) is 9.59. The summed E-state index contributed by atoms with van der Waals surface area (Å²) in [5, 5.41) is 10.1. The lowest BCUT2D eigenvalue weighted by molar-refractivity contribution is 0.177. The number of aliphatic hydroxyl groups excluding tert-OH is 1. The smallest absolute Gasteiger partial charge is 0.197 e. The Morgan fingerprint density at radius 2 is 2.06 bits per heavy atom. The van der Waals surface area contributed by atoms with Crippen LogP contribution in [0, 0.1) is 0 Å². The normalized spacial score (nSPS) is 12.6. The maximum atomic E-state index is 10.1. The molecule has 4 N–H and O–H groups in total. The molecule has 17 heavy (non-hydrogen) atoms. The summed E-state index contributed by atoms with van der Waals surface area (Å²) in [7, 11) is 0. The van der Waals surface area contributed by atoms with Crippen LogP contribution < -0.4 is 5.73 Å². The van der Waals surface area contributed by atoms with Crippen molar-refractivity contribution < 1.29 is 5.11 Å². The molecule has 4 nitrogen and oxygen atoms in total. The number of aromatic nitrogens is 2. The standard InChI is InChI=1S/C13H17N3O/c1-2-10-11(16-13(14)15-10)8-12(17)9-6-4-3-5-7-9/h3-7,12,17H,2,8H2,1H3,(H3,14,15,16). The van der Waals surface area contributed by atoms with Gasteiger partial charge in [-0.3, -0.25) is 0 Å². The Bertz CT molecular complexity index is 479. The first-order valence-corrected chi connectivity index (χ1v) is 5.77. The minimum atomic E-state index is -0.527. The van der Waals surface area contributed by atoms with Gasteiger partial charge in [0.1, 0.15) is 0 Å². The highest BCUT2D eigenvalue weighted by Gasteiger charge is 2.13. The molecule has 1 atom stereocenters. The second-order valence-electron chi connectivity index (χ2n) is 4.03. The Morgan fingerprint density at radius 1 is 1.35 bits per heavy atom. The van der Waals surface area contributed by atoms with Crippen molar-refractivity contribution in [1.29, 1.82) is 0 Å². The Kier molecular flexibility index (Phi) is 3.44. The van der Waals surface area contributed by atoms with Gasteiger partial charge < -0.3 is 15.8 Å². The van der Waals surface area contributed by atoms with Gasteiger partial charge in [0.15, 0.2) is 5.95 Å². The van der Waals surface area contributed by atoms with Gasteiger partial charge in [-0.1, -0.05) is 37.3 Å². The van der Waals surface area contributed by atoms with Crippen LogP contribution >= 0.6 is 0 Å². The number of imidazole rings is 1. The van der Waals surface area contributed by atoms with Crippen molar-refractivity contribution in [2.45, 2.75) is 25.9 Å². The molecule has 4 heteroatoms. The van der Waals surface area contributed by atoms with E-state index in [2.05, 4.69) is 9.97 Å². The number of nitrogens with zero attached hydrogens (tertiary/aromatic N) is 1. The third-order valence-corrected chi connectivity index (χ3v) is 2.80. The lowest BCUT2D eigenvalue weighted by atomic mass is 10.0. The van der Waals surface area contributed by atoms with E-state index in [0.29, 0.717) is 12.4 Å². The van der Waals surface area contributed by atoms with Crippen LogP contribution in [0.5, 0.6) is 0 Å². The van der Waals surface area contributed by atoms with Crippen LogP contribution in [0.25, 0.3) is 0 Å². The molecule has 1 aromatic carbocycles. The zero-order chi connectivity index (χ0) is 12.3. The lowest BCUT2D eigenvalue weighted by Gasteiger charge is -2.10. The molecule has 0 aliphatic heterocycles. The number of H-pyrrole nitrogens is 1. The van der Waals surface area contributed by atoms with Gasteiger partial charge in [-0.2, -0.15) is 0 Å². The maximum absolute atomic E-state index is 10.1. The highest BCUT2D eigenvalue weighted by molar-refractivity contribution is 5.28. The molecule has 0 radical (unpaired) electrons. The number of aromatic amines is 1. The summed E-state index contributed by atoms with van der Waals surface area (Å²) in [5.74, 6) is 0.414. The molecule has 0 bridgehead atoms. The van der Waals surface area contributed by atoms with Crippen molar-refractivity contribution in [1.82, 2.24) is 9.97 Å². The van der Waals surface area contributed by atoms with Crippen molar-refractivity contribution in [2.75, 3.05) is 5.73 Å². The molecule has 90 valence electrons. The summed E-state index contributed by atoms with van der Waals surface area (Å²) in [4.78, 5) is 7.19. The van der Waals surface area contributed by atoms with Crippen molar-refractivity contribution in [3.63, 3.8) is 0 Å². The Labute approximate surface area is 101 Å². The Balaban J connectivity index is 2.15. The largest absolute Gasteiger partial charge is 0.388 e. The molecular formula is C13H17N3O. The Morgan fingerprint density at radius 3 is 2.71 bits per heavy atom. The molecule has 1 unspecified atom stereocenters. The number of nitrogens with two attached hydrogens (primary N) is 1. The summed E-state index contributed by atoms with van der Waals surface area (Å²) in [5.41, 5.74) is 8.37. The zero-order valence-electron chi connectivity index (χ0n) is 9.85. The van der Waals surface area contributed by atoms with Gasteiger partial charge in [0.25, 0.3) is 0 Å². The van der Waals surface area contributed by atoms with Gasteiger partial charge >= 0.3 is 0 Å². The molecule has 1 heterocycles. The molecule has 0 saturated carbocycles. The third-order valence-electron chi connectivity index (χ3n) is 2.80. The first kappa shape index (κ1) is 11.7. The molecule has 1 aromatic heterocycles. The number of aliphatic hydroxyl groups is 1. The first-order valence-electron chi connectivity index (χ1n) is 5.77. The van der Waals surface area contributed by atoms with Gasteiger partial charge in [-0.15, -0.1) is 0 Å². The molecule has 2 rings (SSSR count). The van der Waals surface area contributed by atoms with E-state index < -0.39 is 6.10 Å². The van der Waals surface area contributed by atoms with E-state index in [1.54, 1.807) is 0 Å². The fourth-order valence-corrected chi connectivity index (χ4v) is 1.92. The van der Waals surface area contributed by atoms with E-state index in [0.717, 1.165) is 23.4 Å². The van der Waals surface area contributed by atoms with Crippen molar-refractivity contribution in [3.8, 4) is 0 Å². The number of nitrogens with one attached hydrogen (secondary N) is 1. The SMILES string of the molecule is CCc1nc(N)[nH]c1CC(O)c1ccccc1. The minimum absolute atomic E-state index is 0.414. The number of hydrogen-bond donors (Lipinski definition) is 3. The van der Waals surface area contributed by atoms with E-state index in [-0.39, 0.29) is 0 Å². The van der Waals surface area contributed by atoms with E-state index in [9.17, 15) is 5.11 Å². The van der Waals surface area contributed by atoms with Crippen molar-refractivity contribution >= 4 is 5.95 Å². The van der Waals surface area contributed by atoms with Crippen LogP contribution in [0.1, 0.15) is 30.0 Å². The summed E-state index contributed by atoms with van der Waals surface area (Å²) in [6.45, 7) is 2.02. The molecule has 0 amide bonds. The van der Waals surface area contributed by atoms with Crippen LogP contribution in [0.2, 0.25) is 0 Å². The van der Waals surface area contributed by atoms with E-state index in [1.807, 2.05) is 37.3 Å². The van der Waals surface area contributed by atoms with Gasteiger partial charge in [0.05, 0.1) is 11.8 Å². The fourth-order valence-electron chi connectivity index (χ4n) is 1.92. The van der Waals surface area contributed by atoms with Crippen LogP contribution in [-0.4, -0.2) is 15.1 Å². The van der Waals surface area contributed by atoms with Gasteiger partial charge in [0.2, 0.25) is 0 Å². The zero-order valence-corrected chi connectivity index (χ0v) is 9.85. The lowest BCUT2D eigenvalue weighted by Crippen LogP contribution is -2.04. The van der Waals surface area contributed by atoms with Crippen LogP contribution in [0.15, 0.2) is 30.3 Å². The van der Waals surface area contributed by atoms with E-state index in [1.165, 1.54) is 0 Å². The highest BCUT2D eigenvalue weighted by Crippen LogP contribution is 2.19. The highest BCUT2D eigenvalue weighted by atomic mass is 16.3.